The topological polar surface area (TPSA) is 68.4 Å². The minimum absolute atomic E-state index is 0.0145. The van der Waals surface area contributed by atoms with Crippen LogP contribution in [0.1, 0.15) is 22.9 Å². The fraction of sp³-hybridized carbons (Fsp3) is 0.429. The van der Waals surface area contributed by atoms with Gasteiger partial charge < -0.3 is 14.3 Å². The number of nitrogens with zero attached hydrogens (tertiary/aromatic N) is 2. The molecular formula is C14H18N2O3. The van der Waals surface area contributed by atoms with Gasteiger partial charge in [0.1, 0.15) is 5.75 Å². The number of ether oxygens (including phenoxy) is 1. The molecule has 0 aliphatic heterocycles. The van der Waals surface area contributed by atoms with Gasteiger partial charge in [0.15, 0.2) is 0 Å². The molecule has 0 saturated heterocycles. The predicted octanol–water partition coefficient (Wildman–Crippen LogP) is 1.84. The summed E-state index contributed by atoms with van der Waals surface area (Å²) in [6, 6.07) is 5.98. The van der Waals surface area contributed by atoms with E-state index < -0.39 is 0 Å². The van der Waals surface area contributed by atoms with Crippen molar-refractivity contribution in [3.63, 3.8) is 0 Å². The van der Waals surface area contributed by atoms with Crippen molar-refractivity contribution in [1.82, 2.24) is 10.2 Å². The number of aliphatic hydroxyl groups is 1. The Kier molecular flexibility index (Phi) is 4.52. The summed E-state index contributed by atoms with van der Waals surface area (Å²) in [7, 11) is 0. The van der Waals surface area contributed by atoms with E-state index in [1.165, 1.54) is 5.56 Å². The smallest absolute Gasteiger partial charge is 0.219 e. The van der Waals surface area contributed by atoms with E-state index in [0.717, 1.165) is 11.3 Å². The summed E-state index contributed by atoms with van der Waals surface area (Å²) in [5, 5.41) is 16.5. The summed E-state index contributed by atoms with van der Waals surface area (Å²) in [6.07, 6.45) is 0.955. The van der Waals surface area contributed by atoms with Crippen LogP contribution in [-0.2, 0) is 12.8 Å². The molecule has 0 atom stereocenters. The van der Waals surface area contributed by atoms with E-state index in [1.54, 1.807) is 0 Å². The average molecular weight is 262 g/mol. The number of aryl methyl sites for hydroxylation is 1. The van der Waals surface area contributed by atoms with Crippen molar-refractivity contribution in [2.75, 3.05) is 13.2 Å². The van der Waals surface area contributed by atoms with E-state index >= 15 is 0 Å². The van der Waals surface area contributed by atoms with Gasteiger partial charge in [-0.15, -0.1) is 10.2 Å². The van der Waals surface area contributed by atoms with E-state index in [4.69, 9.17) is 14.3 Å². The molecule has 0 radical (unpaired) electrons. The first-order chi connectivity index (χ1) is 9.20. The Balaban J connectivity index is 1.87. The van der Waals surface area contributed by atoms with Gasteiger partial charge in [0.2, 0.25) is 11.8 Å². The highest BCUT2D eigenvalue weighted by atomic mass is 16.5. The Morgan fingerprint density at radius 2 is 1.89 bits per heavy atom. The minimum Gasteiger partial charge on any atom is -0.493 e. The summed E-state index contributed by atoms with van der Waals surface area (Å²) in [6.45, 7) is 4.60. The first-order valence-corrected chi connectivity index (χ1v) is 6.32. The zero-order chi connectivity index (χ0) is 13.7. The van der Waals surface area contributed by atoms with E-state index in [1.807, 2.05) is 19.1 Å². The maximum absolute atomic E-state index is 8.76. The third-order valence-corrected chi connectivity index (χ3v) is 2.96. The summed E-state index contributed by atoms with van der Waals surface area (Å²) in [5.74, 6) is 1.88. The molecule has 0 aliphatic carbocycles. The van der Waals surface area contributed by atoms with Crippen molar-refractivity contribution in [1.29, 1.82) is 0 Å². The molecule has 0 aliphatic rings. The van der Waals surface area contributed by atoms with Crippen molar-refractivity contribution >= 4 is 0 Å². The second-order valence-electron chi connectivity index (χ2n) is 4.36. The van der Waals surface area contributed by atoms with Gasteiger partial charge in [-0.05, 0) is 31.0 Å². The van der Waals surface area contributed by atoms with Crippen LogP contribution in [0.2, 0.25) is 0 Å². The number of rotatable bonds is 6. The normalized spacial score (nSPS) is 10.7. The van der Waals surface area contributed by atoms with E-state index in [9.17, 15) is 0 Å². The molecule has 0 unspecified atom stereocenters. The van der Waals surface area contributed by atoms with Crippen LogP contribution in [0.4, 0.5) is 0 Å². The molecule has 0 amide bonds. The first-order valence-electron chi connectivity index (χ1n) is 6.32. The molecular weight excluding hydrogens is 244 g/mol. The zero-order valence-corrected chi connectivity index (χ0v) is 11.2. The van der Waals surface area contributed by atoms with E-state index in [-0.39, 0.29) is 6.61 Å². The lowest BCUT2D eigenvalue weighted by Gasteiger charge is -2.09. The van der Waals surface area contributed by atoms with Crippen molar-refractivity contribution in [2.24, 2.45) is 0 Å². The highest BCUT2D eigenvalue weighted by molar-refractivity contribution is 5.38. The van der Waals surface area contributed by atoms with Gasteiger partial charge >= 0.3 is 0 Å². The van der Waals surface area contributed by atoms with Crippen molar-refractivity contribution < 1.29 is 14.3 Å². The maximum atomic E-state index is 8.76. The third kappa shape index (κ3) is 3.54. The molecule has 0 spiro atoms. The Morgan fingerprint density at radius 1 is 1.16 bits per heavy atom. The van der Waals surface area contributed by atoms with Crippen LogP contribution in [0.3, 0.4) is 0 Å². The number of aromatic nitrogens is 2. The standard InChI is InChI=1S/C14H18N2O3/c1-10-4-3-5-12(11(10)2)18-9-7-14-16-15-13(19-14)6-8-17/h3-5,17H,6-9H2,1-2H3. The van der Waals surface area contributed by atoms with Crippen LogP contribution >= 0.6 is 0 Å². The Bertz CT molecular complexity index is 537. The molecule has 0 saturated carbocycles. The molecule has 0 fully saturated rings. The fourth-order valence-electron chi connectivity index (χ4n) is 1.71. The van der Waals surface area contributed by atoms with E-state index in [2.05, 4.69) is 23.2 Å². The molecule has 2 rings (SSSR count). The fourth-order valence-corrected chi connectivity index (χ4v) is 1.71. The highest BCUT2D eigenvalue weighted by Crippen LogP contribution is 2.20. The molecule has 2 aromatic rings. The number of hydrogen-bond acceptors (Lipinski definition) is 5. The maximum Gasteiger partial charge on any atom is 0.219 e. The largest absolute Gasteiger partial charge is 0.493 e. The van der Waals surface area contributed by atoms with Crippen molar-refractivity contribution in [2.45, 2.75) is 26.7 Å². The van der Waals surface area contributed by atoms with Gasteiger partial charge in [-0.25, -0.2) is 0 Å². The van der Waals surface area contributed by atoms with Crippen LogP contribution in [0.5, 0.6) is 5.75 Å². The van der Waals surface area contributed by atoms with Crippen LogP contribution in [0, 0.1) is 13.8 Å². The number of hydrogen-bond donors (Lipinski definition) is 1. The van der Waals surface area contributed by atoms with Gasteiger partial charge in [-0.1, -0.05) is 12.1 Å². The summed E-state index contributed by atoms with van der Waals surface area (Å²) >= 11 is 0. The molecule has 1 heterocycles. The lowest BCUT2D eigenvalue weighted by molar-refractivity contribution is 0.277. The minimum atomic E-state index is 0.0145. The van der Waals surface area contributed by atoms with Crippen molar-refractivity contribution in [3.8, 4) is 5.75 Å². The SMILES string of the molecule is Cc1cccc(OCCc2nnc(CCO)o2)c1C. The monoisotopic (exact) mass is 262 g/mol. The molecule has 1 aromatic carbocycles. The van der Waals surface area contributed by atoms with Gasteiger partial charge in [0.25, 0.3) is 0 Å². The highest BCUT2D eigenvalue weighted by Gasteiger charge is 2.06. The molecule has 102 valence electrons. The quantitative estimate of drug-likeness (QED) is 0.860. The average Bonchev–Trinajstić information content (AvgIpc) is 2.83. The van der Waals surface area contributed by atoms with Gasteiger partial charge in [-0.3, -0.25) is 0 Å². The van der Waals surface area contributed by atoms with Gasteiger partial charge in [0.05, 0.1) is 19.6 Å². The number of benzene rings is 1. The molecule has 19 heavy (non-hydrogen) atoms. The summed E-state index contributed by atoms with van der Waals surface area (Å²) in [4.78, 5) is 0. The number of aliphatic hydroxyl groups excluding tert-OH is 1. The molecule has 5 nitrogen and oxygen atoms in total. The Hall–Kier alpha value is -1.88. The summed E-state index contributed by atoms with van der Waals surface area (Å²) in [5.41, 5.74) is 2.36. The van der Waals surface area contributed by atoms with Gasteiger partial charge in [0, 0.05) is 6.42 Å². The molecule has 0 bridgehead atoms. The summed E-state index contributed by atoms with van der Waals surface area (Å²) < 4.78 is 11.1. The third-order valence-electron chi connectivity index (χ3n) is 2.96. The first kappa shape index (κ1) is 13.5. The van der Waals surface area contributed by atoms with Crippen LogP contribution < -0.4 is 4.74 Å². The van der Waals surface area contributed by atoms with E-state index in [0.29, 0.717) is 31.2 Å². The second kappa shape index (κ2) is 6.33. The predicted molar refractivity (Wildman–Crippen MR) is 70.2 cm³/mol. The Labute approximate surface area is 112 Å². The zero-order valence-electron chi connectivity index (χ0n) is 11.2. The van der Waals surface area contributed by atoms with Crippen LogP contribution in [-0.4, -0.2) is 28.5 Å². The van der Waals surface area contributed by atoms with Crippen molar-refractivity contribution in [3.05, 3.63) is 41.1 Å². The van der Waals surface area contributed by atoms with Crippen LogP contribution in [0.25, 0.3) is 0 Å². The van der Waals surface area contributed by atoms with Gasteiger partial charge in [-0.2, -0.15) is 0 Å². The lowest BCUT2D eigenvalue weighted by Crippen LogP contribution is -2.03. The molecule has 1 aromatic heterocycles. The molecule has 5 heteroatoms. The lowest BCUT2D eigenvalue weighted by atomic mass is 10.1. The molecule has 1 N–H and O–H groups in total. The van der Waals surface area contributed by atoms with Crippen LogP contribution in [0.15, 0.2) is 22.6 Å². The second-order valence-corrected chi connectivity index (χ2v) is 4.36. The Morgan fingerprint density at radius 3 is 2.63 bits per heavy atom.